The Bertz CT molecular complexity index is 1180. The van der Waals surface area contributed by atoms with Gasteiger partial charge in [0, 0.05) is 4.90 Å². The van der Waals surface area contributed by atoms with Gasteiger partial charge in [0.25, 0.3) is 0 Å². The zero-order chi connectivity index (χ0) is 16.7. The van der Waals surface area contributed by atoms with E-state index in [4.69, 9.17) is 8.83 Å². The highest BCUT2D eigenvalue weighted by Gasteiger charge is 2.20. The minimum atomic E-state index is -0.750. The lowest BCUT2D eigenvalue weighted by Crippen LogP contribution is -2.08. The molecule has 2 heterocycles. The summed E-state index contributed by atoms with van der Waals surface area (Å²) >= 11 is 1.03. The van der Waals surface area contributed by atoms with Crippen LogP contribution >= 0.6 is 11.8 Å². The molecular formula is C18H10O5S. The SMILES string of the molecule is O=c1oc2c(c(O)c1Sc1ccccc1)c(=O)oc1ccccc12. The molecule has 24 heavy (non-hydrogen) atoms. The zero-order valence-electron chi connectivity index (χ0n) is 12.2. The fraction of sp³-hybridized carbons (Fsp3) is 0. The molecule has 0 aliphatic rings. The fourth-order valence-corrected chi connectivity index (χ4v) is 3.33. The second-order valence-electron chi connectivity index (χ2n) is 5.07. The summed E-state index contributed by atoms with van der Waals surface area (Å²) in [7, 11) is 0. The Morgan fingerprint density at radius 3 is 2.33 bits per heavy atom. The first-order valence-electron chi connectivity index (χ1n) is 7.09. The van der Waals surface area contributed by atoms with Crippen molar-refractivity contribution in [2.24, 2.45) is 0 Å². The summed E-state index contributed by atoms with van der Waals surface area (Å²) in [4.78, 5) is 25.3. The molecule has 0 fully saturated rings. The molecule has 4 aromatic rings. The zero-order valence-corrected chi connectivity index (χ0v) is 13.0. The molecule has 0 aliphatic heterocycles. The standard InChI is InChI=1S/C18H10O5S/c19-14-13-15(11-8-4-5-9-12(11)22-17(13)20)23-18(21)16(14)24-10-6-2-1-3-7-10/h1-9,19H. The maximum absolute atomic E-state index is 12.3. The molecule has 0 amide bonds. The van der Waals surface area contributed by atoms with E-state index in [9.17, 15) is 14.7 Å². The molecule has 0 radical (unpaired) electrons. The first-order chi connectivity index (χ1) is 11.6. The van der Waals surface area contributed by atoms with Gasteiger partial charge in [0.15, 0.2) is 11.3 Å². The molecule has 0 aliphatic carbocycles. The molecule has 2 aromatic carbocycles. The normalized spacial score (nSPS) is 11.2. The Morgan fingerprint density at radius 1 is 0.833 bits per heavy atom. The molecular weight excluding hydrogens is 328 g/mol. The molecule has 0 saturated heterocycles. The van der Waals surface area contributed by atoms with Crippen LogP contribution in [0.2, 0.25) is 0 Å². The molecule has 0 bridgehead atoms. The highest BCUT2D eigenvalue weighted by molar-refractivity contribution is 7.99. The van der Waals surface area contributed by atoms with Crippen LogP contribution in [0.3, 0.4) is 0 Å². The lowest BCUT2D eigenvalue weighted by atomic mass is 10.2. The molecule has 0 atom stereocenters. The quantitative estimate of drug-likeness (QED) is 0.443. The summed E-state index contributed by atoms with van der Waals surface area (Å²) in [6, 6.07) is 15.7. The van der Waals surface area contributed by atoms with Crippen molar-refractivity contribution in [2.75, 3.05) is 0 Å². The topological polar surface area (TPSA) is 80.6 Å². The third-order valence-corrected chi connectivity index (χ3v) is 4.63. The lowest BCUT2D eigenvalue weighted by Gasteiger charge is -2.06. The van der Waals surface area contributed by atoms with Gasteiger partial charge in [0.2, 0.25) is 0 Å². The third-order valence-electron chi connectivity index (χ3n) is 3.56. The maximum atomic E-state index is 12.3. The number of rotatable bonds is 2. The molecule has 0 saturated carbocycles. The van der Waals surface area contributed by atoms with Crippen molar-refractivity contribution in [3.05, 3.63) is 75.4 Å². The summed E-state index contributed by atoms with van der Waals surface area (Å²) in [6.45, 7) is 0. The van der Waals surface area contributed by atoms with Crippen molar-refractivity contribution in [1.82, 2.24) is 0 Å². The first-order valence-corrected chi connectivity index (χ1v) is 7.91. The van der Waals surface area contributed by atoms with Gasteiger partial charge in [-0.15, -0.1) is 0 Å². The molecule has 0 unspecified atom stereocenters. The Balaban J connectivity index is 2.05. The smallest absolute Gasteiger partial charge is 0.354 e. The van der Waals surface area contributed by atoms with Gasteiger partial charge in [-0.1, -0.05) is 42.1 Å². The van der Waals surface area contributed by atoms with Crippen molar-refractivity contribution in [1.29, 1.82) is 0 Å². The van der Waals surface area contributed by atoms with Gasteiger partial charge >= 0.3 is 11.3 Å². The molecule has 0 spiro atoms. The molecule has 1 N–H and O–H groups in total. The molecule has 2 aromatic heterocycles. The first kappa shape index (κ1) is 14.6. The third kappa shape index (κ3) is 2.28. The summed E-state index contributed by atoms with van der Waals surface area (Å²) < 4.78 is 10.6. The van der Waals surface area contributed by atoms with E-state index < -0.39 is 17.0 Å². The summed E-state index contributed by atoms with van der Waals surface area (Å²) in [5.41, 5.74) is -1.13. The number of aromatic hydroxyl groups is 1. The van der Waals surface area contributed by atoms with Crippen LogP contribution in [0.1, 0.15) is 0 Å². The molecule has 5 nitrogen and oxygen atoms in total. The average Bonchev–Trinajstić information content (AvgIpc) is 2.59. The minimum absolute atomic E-state index is 0.0294. The van der Waals surface area contributed by atoms with E-state index in [0.717, 1.165) is 16.7 Å². The maximum Gasteiger partial charge on any atom is 0.354 e. The van der Waals surface area contributed by atoms with Crippen molar-refractivity contribution < 1.29 is 13.9 Å². The van der Waals surface area contributed by atoms with Crippen molar-refractivity contribution in [3.8, 4) is 5.75 Å². The second kappa shape index (κ2) is 5.58. The van der Waals surface area contributed by atoms with Crippen molar-refractivity contribution in [3.63, 3.8) is 0 Å². The van der Waals surface area contributed by atoms with Crippen LogP contribution in [-0.4, -0.2) is 5.11 Å². The van der Waals surface area contributed by atoms with Crippen LogP contribution in [0.5, 0.6) is 5.75 Å². The largest absolute Gasteiger partial charge is 0.505 e. The molecule has 118 valence electrons. The van der Waals surface area contributed by atoms with Gasteiger partial charge in [-0.2, -0.15) is 0 Å². The van der Waals surface area contributed by atoms with Crippen LogP contribution in [0, 0.1) is 0 Å². The predicted molar refractivity (Wildman–Crippen MR) is 90.8 cm³/mol. The number of benzene rings is 2. The Labute approximate surface area is 139 Å². The van der Waals surface area contributed by atoms with Crippen LogP contribution in [0.15, 0.2) is 82.8 Å². The molecule has 4 rings (SSSR count). The van der Waals surface area contributed by atoms with Crippen LogP contribution in [0.25, 0.3) is 21.9 Å². The summed E-state index contributed by atoms with van der Waals surface area (Å²) in [5, 5.41) is 10.8. The Kier molecular flexibility index (Phi) is 3.39. The monoisotopic (exact) mass is 338 g/mol. The fourth-order valence-electron chi connectivity index (χ4n) is 2.48. The van der Waals surface area contributed by atoms with Gasteiger partial charge in [0.1, 0.15) is 15.9 Å². The van der Waals surface area contributed by atoms with Crippen LogP contribution in [0.4, 0.5) is 0 Å². The molecule has 6 heteroatoms. The Morgan fingerprint density at radius 2 is 1.54 bits per heavy atom. The number of para-hydroxylation sites is 1. The van der Waals surface area contributed by atoms with Gasteiger partial charge < -0.3 is 13.9 Å². The van der Waals surface area contributed by atoms with Crippen LogP contribution in [-0.2, 0) is 0 Å². The van der Waals surface area contributed by atoms with Gasteiger partial charge in [0.05, 0.1) is 5.39 Å². The summed E-state index contributed by atoms with van der Waals surface area (Å²) in [6.07, 6.45) is 0. The van der Waals surface area contributed by atoms with E-state index in [-0.39, 0.29) is 15.9 Å². The Hall–Kier alpha value is -2.99. The van der Waals surface area contributed by atoms with Crippen LogP contribution < -0.4 is 11.3 Å². The second-order valence-corrected chi connectivity index (χ2v) is 6.16. The average molecular weight is 338 g/mol. The van der Waals surface area contributed by atoms with E-state index in [2.05, 4.69) is 0 Å². The number of fused-ring (bicyclic) bond motifs is 3. The highest BCUT2D eigenvalue weighted by atomic mass is 32.2. The van der Waals surface area contributed by atoms with E-state index in [0.29, 0.717) is 11.0 Å². The van der Waals surface area contributed by atoms with Crippen molar-refractivity contribution >= 4 is 33.7 Å². The number of hydrogen-bond acceptors (Lipinski definition) is 6. The van der Waals surface area contributed by atoms with E-state index in [1.807, 2.05) is 18.2 Å². The van der Waals surface area contributed by atoms with Gasteiger partial charge in [-0.25, -0.2) is 9.59 Å². The number of hydrogen-bond donors (Lipinski definition) is 1. The van der Waals surface area contributed by atoms with Crippen molar-refractivity contribution in [2.45, 2.75) is 9.79 Å². The highest BCUT2D eigenvalue weighted by Crippen LogP contribution is 2.36. The summed E-state index contributed by atoms with van der Waals surface area (Å²) in [5.74, 6) is -0.422. The van der Waals surface area contributed by atoms with Gasteiger partial charge in [-0.3, -0.25) is 0 Å². The van der Waals surface area contributed by atoms with Gasteiger partial charge in [-0.05, 0) is 24.3 Å². The van der Waals surface area contributed by atoms with E-state index >= 15 is 0 Å². The lowest BCUT2D eigenvalue weighted by molar-refractivity contribution is 0.443. The van der Waals surface area contributed by atoms with E-state index in [1.54, 1.807) is 36.4 Å². The predicted octanol–water partition coefficient (Wildman–Crippen LogP) is 3.76. The van der Waals surface area contributed by atoms with E-state index in [1.165, 1.54) is 0 Å². The minimum Gasteiger partial charge on any atom is -0.505 e.